The van der Waals surface area contributed by atoms with Gasteiger partial charge in [-0.3, -0.25) is 9.59 Å². The van der Waals surface area contributed by atoms with E-state index in [0.29, 0.717) is 6.42 Å². The zero-order chi connectivity index (χ0) is 13.1. The first-order valence-corrected chi connectivity index (χ1v) is 6.31. The maximum atomic E-state index is 11.7. The number of anilines is 2. The molecule has 4 nitrogen and oxygen atoms in total. The third-order valence-corrected chi connectivity index (χ3v) is 3.05. The van der Waals surface area contributed by atoms with Gasteiger partial charge in [0.15, 0.2) is 0 Å². The van der Waals surface area contributed by atoms with E-state index in [2.05, 4.69) is 10.6 Å². The number of aryl methyl sites for hydroxylation is 1. The van der Waals surface area contributed by atoms with Gasteiger partial charge in [0.1, 0.15) is 0 Å². The van der Waals surface area contributed by atoms with E-state index in [1.165, 1.54) is 0 Å². The second-order valence-corrected chi connectivity index (χ2v) is 4.69. The lowest BCUT2D eigenvalue weighted by Gasteiger charge is -2.11. The molecule has 1 saturated carbocycles. The van der Waals surface area contributed by atoms with Crippen molar-refractivity contribution in [3.05, 3.63) is 23.8 Å². The van der Waals surface area contributed by atoms with E-state index in [1.54, 1.807) is 6.92 Å². The quantitative estimate of drug-likeness (QED) is 0.858. The van der Waals surface area contributed by atoms with E-state index in [-0.39, 0.29) is 17.7 Å². The number of benzene rings is 1. The number of carbonyl (C=O) groups is 2. The lowest BCUT2D eigenvalue weighted by atomic mass is 10.1. The Morgan fingerprint density at radius 3 is 2.61 bits per heavy atom. The first kappa shape index (κ1) is 12.6. The van der Waals surface area contributed by atoms with Crippen LogP contribution in [0, 0.1) is 12.8 Å². The summed E-state index contributed by atoms with van der Waals surface area (Å²) >= 11 is 0. The zero-order valence-electron chi connectivity index (χ0n) is 10.7. The second-order valence-electron chi connectivity index (χ2n) is 4.69. The third kappa shape index (κ3) is 3.09. The molecule has 0 atom stereocenters. The lowest BCUT2D eigenvalue weighted by molar-refractivity contribution is -0.117. The van der Waals surface area contributed by atoms with Crippen molar-refractivity contribution in [1.29, 1.82) is 0 Å². The molecule has 0 unspecified atom stereocenters. The van der Waals surface area contributed by atoms with Crippen molar-refractivity contribution in [1.82, 2.24) is 0 Å². The summed E-state index contributed by atoms with van der Waals surface area (Å²) in [6, 6.07) is 5.55. The topological polar surface area (TPSA) is 58.2 Å². The minimum absolute atomic E-state index is 0.0293. The van der Waals surface area contributed by atoms with E-state index in [9.17, 15) is 9.59 Å². The number of hydrogen-bond acceptors (Lipinski definition) is 2. The Balaban J connectivity index is 2.10. The summed E-state index contributed by atoms with van der Waals surface area (Å²) in [7, 11) is 0. The predicted octanol–water partition coefficient (Wildman–Crippen LogP) is 2.69. The van der Waals surface area contributed by atoms with E-state index >= 15 is 0 Å². The van der Waals surface area contributed by atoms with Crippen molar-refractivity contribution in [3.8, 4) is 0 Å². The van der Waals surface area contributed by atoms with E-state index in [4.69, 9.17) is 0 Å². The summed E-state index contributed by atoms with van der Waals surface area (Å²) in [5.74, 6) is 0.230. The predicted molar refractivity (Wildman–Crippen MR) is 71.5 cm³/mol. The summed E-state index contributed by atoms with van der Waals surface area (Å²) in [6.45, 7) is 3.74. The number of rotatable bonds is 4. The molecule has 0 aliphatic heterocycles. The number of amides is 2. The fourth-order valence-corrected chi connectivity index (χ4v) is 1.66. The molecular weight excluding hydrogens is 228 g/mol. The van der Waals surface area contributed by atoms with Crippen molar-refractivity contribution >= 4 is 23.2 Å². The van der Waals surface area contributed by atoms with Crippen molar-refractivity contribution in [2.75, 3.05) is 10.6 Å². The van der Waals surface area contributed by atoms with Gasteiger partial charge < -0.3 is 10.6 Å². The van der Waals surface area contributed by atoms with E-state index in [1.807, 2.05) is 25.1 Å². The first-order chi connectivity index (χ1) is 8.60. The van der Waals surface area contributed by atoms with Gasteiger partial charge in [0.2, 0.25) is 11.8 Å². The van der Waals surface area contributed by atoms with Gasteiger partial charge in [-0.2, -0.15) is 0 Å². The molecule has 1 fully saturated rings. The summed E-state index contributed by atoms with van der Waals surface area (Å²) in [4.78, 5) is 23.0. The highest BCUT2D eigenvalue weighted by Gasteiger charge is 2.29. The molecule has 0 aromatic heterocycles. The highest BCUT2D eigenvalue weighted by Crippen LogP contribution is 2.31. The van der Waals surface area contributed by atoms with Crippen LogP contribution in [0.1, 0.15) is 31.7 Å². The standard InChI is InChI=1S/C14H18N2O2/c1-3-13(17)15-11-7-4-9(2)12(8-11)16-14(18)10-5-6-10/h4,7-8,10H,3,5-6H2,1-2H3,(H,15,17)(H,16,18). The average molecular weight is 246 g/mol. The zero-order valence-corrected chi connectivity index (χ0v) is 10.7. The summed E-state index contributed by atoms with van der Waals surface area (Å²) in [6.07, 6.45) is 2.41. The molecule has 1 aliphatic rings. The van der Waals surface area contributed by atoms with Gasteiger partial charge in [0, 0.05) is 23.7 Å². The molecule has 0 saturated heterocycles. The Kier molecular flexibility index (Phi) is 3.65. The van der Waals surface area contributed by atoms with Gasteiger partial charge in [-0.25, -0.2) is 0 Å². The Labute approximate surface area is 107 Å². The van der Waals surface area contributed by atoms with Crippen LogP contribution in [0.25, 0.3) is 0 Å². The van der Waals surface area contributed by atoms with Gasteiger partial charge in [-0.05, 0) is 37.5 Å². The Bertz CT molecular complexity index is 479. The Hall–Kier alpha value is -1.84. The van der Waals surface area contributed by atoms with Crippen LogP contribution in [-0.2, 0) is 9.59 Å². The largest absolute Gasteiger partial charge is 0.326 e. The van der Waals surface area contributed by atoms with Gasteiger partial charge in [-0.15, -0.1) is 0 Å². The van der Waals surface area contributed by atoms with E-state index < -0.39 is 0 Å². The third-order valence-electron chi connectivity index (χ3n) is 3.05. The van der Waals surface area contributed by atoms with Gasteiger partial charge in [-0.1, -0.05) is 13.0 Å². The monoisotopic (exact) mass is 246 g/mol. The number of hydrogen-bond donors (Lipinski definition) is 2. The maximum Gasteiger partial charge on any atom is 0.227 e. The molecule has 0 spiro atoms. The fourth-order valence-electron chi connectivity index (χ4n) is 1.66. The van der Waals surface area contributed by atoms with Gasteiger partial charge in [0.05, 0.1) is 0 Å². The molecule has 0 radical (unpaired) electrons. The van der Waals surface area contributed by atoms with Crippen LogP contribution in [0.3, 0.4) is 0 Å². The molecule has 18 heavy (non-hydrogen) atoms. The normalized spacial score (nSPS) is 14.1. The molecular formula is C14H18N2O2. The van der Waals surface area contributed by atoms with Crippen molar-refractivity contribution < 1.29 is 9.59 Å². The minimum Gasteiger partial charge on any atom is -0.326 e. The maximum absolute atomic E-state index is 11.7. The highest BCUT2D eigenvalue weighted by molar-refractivity contribution is 5.96. The summed E-state index contributed by atoms with van der Waals surface area (Å²) < 4.78 is 0. The summed E-state index contributed by atoms with van der Waals surface area (Å²) in [5, 5.41) is 5.70. The molecule has 2 amide bonds. The molecule has 1 aliphatic carbocycles. The Morgan fingerprint density at radius 1 is 1.28 bits per heavy atom. The number of carbonyl (C=O) groups excluding carboxylic acids is 2. The minimum atomic E-state index is -0.0293. The van der Waals surface area contributed by atoms with Crippen LogP contribution in [0.4, 0.5) is 11.4 Å². The molecule has 4 heteroatoms. The van der Waals surface area contributed by atoms with E-state index in [0.717, 1.165) is 29.8 Å². The molecule has 0 heterocycles. The van der Waals surface area contributed by atoms with Crippen LogP contribution >= 0.6 is 0 Å². The summed E-state index contributed by atoms with van der Waals surface area (Å²) in [5.41, 5.74) is 2.50. The second kappa shape index (κ2) is 5.21. The number of nitrogens with one attached hydrogen (secondary N) is 2. The van der Waals surface area contributed by atoms with Crippen molar-refractivity contribution in [2.24, 2.45) is 5.92 Å². The molecule has 2 N–H and O–H groups in total. The van der Waals surface area contributed by atoms with Crippen LogP contribution in [0.5, 0.6) is 0 Å². The lowest BCUT2D eigenvalue weighted by Crippen LogP contribution is -2.15. The Morgan fingerprint density at radius 2 is 2.00 bits per heavy atom. The van der Waals surface area contributed by atoms with Crippen molar-refractivity contribution in [3.63, 3.8) is 0 Å². The SMILES string of the molecule is CCC(=O)Nc1ccc(C)c(NC(=O)C2CC2)c1. The molecule has 0 bridgehead atoms. The van der Waals surface area contributed by atoms with Crippen LogP contribution in [0.15, 0.2) is 18.2 Å². The van der Waals surface area contributed by atoms with Gasteiger partial charge in [0.25, 0.3) is 0 Å². The smallest absolute Gasteiger partial charge is 0.227 e. The van der Waals surface area contributed by atoms with Crippen LogP contribution in [0.2, 0.25) is 0 Å². The van der Waals surface area contributed by atoms with Crippen molar-refractivity contribution in [2.45, 2.75) is 33.1 Å². The molecule has 1 aromatic rings. The average Bonchev–Trinajstić information content (AvgIpc) is 3.17. The fraction of sp³-hybridized carbons (Fsp3) is 0.429. The molecule has 1 aromatic carbocycles. The molecule has 2 rings (SSSR count). The molecule has 96 valence electrons. The first-order valence-electron chi connectivity index (χ1n) is 6.31. The van der Waals surface area contributed by atoms with Crippen LogP contribution < -0.4 is 10.6 Å². The van der Waals surface area contributed by atoms with Gasteiger partial charge >= 0.3 is 0 Å². The highest BCUT2D eigenvalue weighted by atomic mass is 16.2. The van der Waals surface area contributed by atoms with Crippen LogP contribution in [-0.4, -0.2) is 11.8 Å².